The second-order valence-corrected chi connectivity index (χ2v) is 6.42. The summed E-state index contributed by atoms with van der Waals surface area (Å²) in [5, 5.41) is 0. The minimum absolute atomic E-state index is 0.322. The number of hydrogen-bond donors (Lipinski definition) is 1. The lowest BCUT2D eigenvalue weighted by Crippen LogP contribution is -2.61. The monoisotopic (exact) mass is 238 g/mol. The number of nitrogens with two attached hydrogens (primary N) is 1. The Bertz CT molecular complexity index is 241. The van der Waals surface area contributed by atoms with E-state index in [1.54, 1.807) is 0 Å². The minimum Gasteiger partial charge on any atom is -0.329 e. The standard InChI is InChI=1S/C15H30N2/c1-4-17(13-8-9-13)15(11-16)10-6-5-7-14(15)12(2)3/h12-14H,4-11,16H2,1-3H3. The zero-order valence-corrected chi connectivity index (χ0v) is 11.9. The number of nitrogens with zero attached hydrogens (tertiary/aromatic N) is 1. The minimum atomic E-state index is 0.322. The third kappa shape index (κ3) is 2.39. The molecule has 2 atom stereocenters. The Hall–Kier alpha value is -0.0800. The van der Waals surface area contributed by atoms with Crippen molar-refractivity contribution >= 4 is 0 Å². The van der Waals surface area contributed by atoms with E-state index in [-0.39, 0.29) is 0 Å². The zero-order valence-electron chi connectivity index (χ0n) is 11.9. The maximum absolute atomic E-state index is 6.27. The summed E-state index contributed by atoms with van der Waals surface area (Å²) < 4.78 is 0. The van der Waals surface area contributed by atoms with Gasteiger partial charge in [0.2, 0.25) is 0 Å². The van der Waals surface area contributed by atoms with Gasteiger partial charge in [0, 0.05) is 18.1 Å². The van der Waals surface area contributed by atoms with E-state index < -0.39 is 0 Å². The van der Waals surface area contributed by atoms with Crippen molar-refractivity contribution in [2.24, 2.45) is 17.6 Å². The molecule has 2 fully saturated rings. The lowest BCUT2D eigenvalue weighted by atomic mass is 9.66. The van der Waals surface area contributed by atoms with Gasteiger partial charge in [-0.25, -0.2) is 0 Å². The van der Waals surface area contributed by atoms with Crippen LogP contribution in [0.15, 0.2) is 0 Å². The van der Waals surface area contributed by atoms with Crippen molar-refractivity contribution in [1.82, 2.24) is 4.90 Å². The lowest BCUT2D eigenvalue weighted by molar-refractivity contribution is -0.0165. The first-order valence-corrected chi connectivity index (χ1v) is 7.62. The van der Waals surface area contributed by atoms with E-state index in [4.69, 9.17) is 5.73 Å². The summed E-state index contributed by atoms with van der Waals surface area (Å²) >= 11 is 0. The quantitative estimate of drug-likeness (QED) is 0.798. The largest absolute Gasteiger partial charge is 0.329 e. The Balaban J connectivity index is 2.23. The van der Waals surface area contributed by atoms with Crippen LogP contribution in [0, 0.1) is 11.8 Å². The highest BCUT2D eigenvalue weighted by Crippen LogP contribution is 2.45. The molecule has 0 spiro atoms. The summed E-state index contributed by atoms with van der Waals surface area (Å²) in [7, 11) is 0. The highest BCUT2D eigenvalue weighted by atomic mass is 15.3. The van der Waals surface area contributed by atoms with Gasteiger partial charge in [-0.3, -0.25) is 4.90 Å². The van der Waals surface area contributed by atoms with Gasteiger partial charge < -0.3 is 5.73 Å². The van der Waals surface area contributed by atoms with Crippen LogP contribution in [0.3, 0.4) is 0 Å². The summed E-state index contributed by atoms with van der Waals surface area (Å²) in [6, 6.07) is 0.850. The van der Waals surface area contributed by atoms with Crippen LogP contribution in [0.5, 0.6) is 0 Å². The van der Waals surface area contributed by atoms with Crippen molar-refractivity contribution < 1.29 is 0 Å². The van der Waals surface area contributed by atoms with Crippen molar-refractivity contribution in [3.8, 4) is 0 Å². The molecule has 2 saturated carbocycles. The van der Waals surface area contributed by atoms with Crippen LogP contribution in [0.2, 0.25) is 0 Å². The molecule has 2 rings (SSSR count). The highest BCUT2D eigenvalue weighted by molar-refractivity contribution is 5.05. The Kier molecular flexibility index (Phi) is 4.14. The maximum atomic E-state index is 6.27. The molecular weight excluding hydrogens is 208 g/mol. The van der Waals surface area contributed by atoms with E-state index in [1.165, 1.54) is 45.1 Å². The predicted octanol–water partition coefficient (Wildman–Crippen LogP) is 3.01. The Labute approximate surface area is 107 Å². The zero-order chi connectivity index (χ0) is 12.5. The van der Waals surface area contributed by atoms with E-state index >= 15 is 0 Å². The van der Waals surface area contributed by atoms with Gasteiger partial charge in [-0.2, -0.15) is 0 Å². The van der Waals surface area contributed by atoms with Crippen LogP contribution < -0.4 is 5.73 Å². The van der Waals surface area contributed by atoms with Crippen LogP contribution in [0.1, 0.15) is 59.3 Å². The fourth-order valence-electron chi connectivity index (χ4n) is 4.25. The molecule has 2 nitrogen and oxygen atoms in total. The van der Waals surface area contributed by atoms with Crippen molar-refractivity contribution in [2.75, 3.05) is 13.1 Å². The van der Waals surface area contributed by atoms with Gasteiger partial charge in [0.25, 0.3) is 0 Å². The Morgan fingerprint density at radius 3 is 2.41 bits per heavy atom. The van der Waals surface area contributed by atoms with Crippen LogP contribution in [0.25, 0.3) is 0 Å². The van der Waals surface area contributed by atoms with Crippen LogP contribution >= 0.6 is 0 Å². The molecule has 2 aliphatic rings. The fraction of sp³-hybridized carbons (Fsp3) is 1.00. The maximum Gasteiger partial charge on any atom is 0.0365 e. The number of likely N-dealkylation sites (N-methyl/N-ethyl adjacent to an activating group) is 1. The molecular formula is C15H30N2. The molecule has 0 aromatic carbocycles. The molecule has 0 radical (unpaired) electrons. The van der Waals surface area contributed by atoms with Crippen molar-refractivity contribution in [3.63, 3.8) is 0 Å². The second-order valence-electron chi connectivity index (χ2n) is 6.42. The smallest absolute Gasteiger partial charge is 0.0365 e. The fourth-order valence-corrected chi connectivity index (χ4v) is 4.25. The van der Waals surface area contributed by atoms with Crippen LogP contribution in [-0.4, -0.2) is 29.6 Å². The molecule has 0 aliphatic heterocycles. The van der Waals surface area contributed by atoms with Gasteiger partial charge in [0.15, 0.2) is 0 Å². The van der Waals surface area contributed by atoms with Gasteiger partial charge in [0.05, 0.1) is 0 Å². The van der Waals surface area contributed by atoms with Gasteiger partial charge in [-0.15, -0.1) is 0 Å². The van der Waals surface area contributed by atoms with E-state index in [2.05, 4.69) is 25.7 Å². The first-order chi connectivity index (χ1) is 8.15. The molecule has 17 heavy (non-hydrogen) atoms. The summed E-state index contributed by atoms with van der Waals surface area (Å²) in [4.78, 5) is 2.77. The first-order valence-electron chi connectivity index (χ1n) is 7.62. The lowest BCUT2D eigenvalue weighted by Gasteiger charge is -2.53. The van der Waals surface area contributed by atoms with E-state index in [9.17, 15) is 0 Å². The highest BCUT2D eigenvalue weighted by Gasteiger charge is 2.49. The van der Waals surface area contributed by atoms with Gasteiger partial charge in [-0.1, -0.05) is 33.6 Å². The molecule has 2 N–H and O–H groups in total. The Morgan fingerprint density at radius 1 is 1.24 bits per heavy atom. The first kappa shape index (κ1) is 13.4. The molecule has 0 heterocycles. The van der Waals surface area contributed by atoms with Crippen LogP contribution in [-0.2, 0) is 0 Å². The Morgan fingerprint density at radius 2 is 1.94 bits per heavy atom. The number of rotatable bonds is 5. The molecule has 0 bridgehead atoms. The number of hydrogen-bond acceptors (Lipinski definition) is 2. The van der Waals surface area contributed by atoms with Crippen molar-refractivity contribution in [3.05, 3.63) is 0 Å². The summed E-state index contributed by atoms with van der Waals surface area (Å²) in [5.41, 5.74) is 6.59. The molecule has 0 amide bonds. The molecule has 0 aromatic rings. The summed E-state index contributed by atoms with van der Waals surface area (Å²) in [6.45, 7) is 9.15. The third-order valence-corrected chi connectivity index (χ3v) is 5.12. The van der Waals surface area contributed by atoms with Crippen LogP contribution in [0.4, 0.5) is 0 Å². The van der Waals surface area contributed by atoms with E-state index in [0.29, 0.717) is 5.54 Å². The van der Waals surface area contributed by atoms with Gasteiger partial charge >= 0.3 is 0 Å². The molecule has 2 unspecified atom stereocenters. The van der Waals surface area contributed by atoms with Gasteiger partial charge in [0.1, 0.15) is 0 Å². The van der Waals surface area contributed by atoms with Gasteiger partial charge in [-0.05, 0) is 44.1 Å². The average Bonchev–Trinajstić information content (AvgIpc) is 3.14. The van der Waals surface area contributed by atoms with Crippen molar-refractivity contribution in [2.45, 2.75) is 70.9 Å². The SMILES string of the molecule is CCN(C1CC1)C1(CN)CCCCC1C(C)C. The summed E-state index contributed by atoms with van der Waals surface area (Å²) in [5.74, 6) is 1.58. The normalized spacial score (nSPS) is 34.6. The predicted molar refractivity (Wildman–Crippen MR) is 74.0 cm³/mol. The van der Waals surface area contributed by atoms with Crippen molar-refractivity contribution in [1.29, 1.82) is 0 Å². The molecule has 0 aromatic heterocycles. The van der Waals surface area contributed by atoms with E-state index in [1.807, 2.05) is 0 Å². The molecule has 100 valence electrons. The topological polar surface area (TPSA) is 29.3 Å². The third-order valence-electron chi connectivity index (χ3n) is 5.12. The van der Waals surface area contributed by atoms with E-state index in [0.717, 1.165) is 24.4 Å². The second kappa shape index (κ2) is 5.27. The molecule has 2 heteroatoms. The molecule has 2 aliphatic carbocycles. The molecule has 0 saturated heterocycles. The average molecular weight is 238 g/mol. The summed E-state index contributed by atoms with van der Waals surface area (Å²) in [6.07, 6.45) is 8.31.